The molecule has 2 N–H and O–H groups in total. The van der Waals surface area contributed by atoms with Crippen molar-refractivity contribution in [3.05, 3.63) is 34.8 Å². The van der Waals surface area contributed by atoms with E-state index in [1.54, 1.807) is 22.2 Å². The van der Waals surface area contributed by atoms with Gasteiger partial charge in [-0.25, -0.2) is 4.79 Å². The lowest BCUT2D eigenvalue weighted by Crippen LogP contribution is -2.44. The highest BCUT2D eigenvalue weighted by atomic mass is 32.1. The van der Waals surface area contributed by atoms with Crippen molar-refractivity contribution >= 4 is 23.1 Å². The quantitative estimate of drug-likeness (QED) is 0.838. The Morgan fingerprint density at radius 1 is 1.46 bits per heavy atom. The van der Waals surface area contributed by atoms with Crippen LogP contribution in [0.25, 0.3) is 0 Å². The number of ether oxygens (including phenoxy) is 1. The monoisotopic (exact) mass is 349 g/mol. The van der Waals surface area contributed by atoms with Gasteiger partial charge in [0.15, 0.2) is 0 Å². The number of nitrogens with one attached hydrogen (secondary N) is 2. The molecule has 0 spiro atoms. The number of rotatable bonds is 6. The normalized spacial score (nSPS) is 16.7. The van der Waals surface area contributed by atoms with Crippen LogP contribution in [0.4, 0.5) is 10.5 Å². The van der Waals surface area contributed by atoms with Crippen LogP contribution in [0.15, 0.2) is 29.9 Å². The van der Waals surface area contributed by atoms with E-state index in [4.69, 9.17) is 4.74 Å². The molecule has 1 aliphatic heterocycles. The highest BCUT2D eigenvalue weighted by molar-refractivity contribution is 7.10. The van der Waals surface area contributed by atoms with Gasteiger partial charge in [-0.3, -0.25) is 9.58 Å². The van der Waals surface area contributed by atoms with Gasteiger partial charge in [-0.1, -0.05) is 6.07 Å². The molecule has 130 valence electrons. The summed E-state index contributed by atoms with van der Waals surface area (Å²) in [5.74, 6) is 0. The Morgan fingerprint density at radius 2 is 2.29 bits per heavy atom. The third-order valence-electron chi connectivity index (χ3n) is 4.03. The number of nitrogens with zero attached hydrogens (tertiary/aromatic N) is 3. The van der Waals surface area contributed by atoms with Crippen molar-refractivity contribution in [3.63, 3.8) is 0 Å². The lowest BCUT2D eigenvalue weighted by atomic mass is 10.2. The van der Waals surface area contributed by atoms with Crippen LogP contribution >= 0.6 is 11.3 Å². The van der Waals surface area contributed by atoms with Crippen LogP contribution in [-0.4, -0.2) is 53.6 Å². The highest BCUT2D eigenvalue weighted by Crippen LogP contribution is 2.25. The van der Waals surface area contributed by atoms with Gasteiger partial charge in [0, 0.05) is 37.3 Å². The zero-order chi connectivity index (χ0) is 16.8. The molecule has 1 saturated heterocycles. The summed E-state index contributed by atoms with van der Waals surface area (Å²) in [6.45, 7) is 6.60. The number of morpholine rings is 1. The maximum absolute atomic E-state index is 12.2. The molecule has 1 atom stereocenters. The molecule has 3 heterocycles. The van der Waals surface area contributed by atoms with E-state index in [1.807, 2.05) is 19.2 Å². The van der Waals surface area contributed by atoms with E-state index in [-0.39, 0.29) is 12.1 Å². The second-order valence-corrected chi connectivity index (χ2v) is 6.58. The molecule has 2 amide bonds. The number of carbonyl (C=O) groups excluding carboxylic acids is 1. The molecule has 0 saturated carbocycles. The van der Waals surface area contributed by atoms with Crippen molar-refractivity contribution in [2.24, 2.45) is 0 Å². The first-order chi connectivity index (χ1) is 11.8. The lowest BCUT2D eigenvalue weighted by Gasteiger charge is -2.34. The molecule has 0 bridgehead atoms. The number of aromatic nitrogens is 2. The smallest absolute Gasteiger partial charge is 0.319 e. The van der Waals surface area contributed by atoms with Gasteiger partial charge in [-0.2, -0.15) is 5.10 Å². The average Bonchev–Trinajstić information content (AvgIpc) is 3.28. The van der Waals surface area contributed by atoms with Gasteiger partial charge in [0.2, 0.25) is 0 Å². The Labute approximate surface area is 145 Å². The van der Waals surface area contributed by atoms with Crippen molar-refractivity contribution in [2.75, 3.05) is 38.2 Å². The molecule has 2 aromatic rings. The summed E-state index contributed by atoms with van der Waals surface area (Å²) in [6.07, 6.45) is 3.47. The first-order valence-corrected chi connectivity index (χ1v) is 9.06. The van der Waals surface area contributed by atoms with E-state index >= 15 is 0 Å². The van der Waals surface area contributed by atoms with Crippen LogP contribution in [0.5, 0.6) is 0 Å². The zero-order valence-electron chi connectivity index (χ0n) is 13.8. The van der Waals surface area contributed by atoms with E-state index in [0.29, 0.717) is 12.2 Å². The molecule has 1 aliphatic rings. The number of amides is 2. The number of thiophene rings is 1. The zero-order valence-corrected chi connectivity index (χ0v) is 14.6. The third-order valence-corrected chi connectivity index (χ3v) is 5.00. The summed E-state index contributed by atoms with van der Waals surface area (Å²) in [6, 6.07) is 4.14. The van der Waals surface area contributed by atoms with Crippen molar-refractivity contribution < 1.29 is 9.53 Å². The van der Waals surface area contributed by atoms with E-state index in [9.17, 15) is 4.79 Å². The molecular formula is C16H23N5O2S. The summed E-state index contributed by atoms with van der Waals surface area (Å²) in [4.78, 5) is 15.8. The van der Waals surface area contributed by atoms with Gasteiger partial charge >= 0.3 is 6.03 Å². The van der Waals surface area contributed by atoms with Crippen LogP contribution in [0.2, 0.25) is 0 Å². The summed E-state index contributed by atoms with van der Waals surface area (Å²) in [5, 5.41) is 12.0. The first kappa shape index (κ1) is 16.9. The maximum atomic E-state index is 12.2. The second kappa shape index (κ2) is 8.27. The highest BCUT2D eigenvalue weighted by Gasteiger charge is 2.23. The second-order valence-electron chi connectivity index (χ2n) is 5.60. The fourth-order valence-corrected chi connectivity index (χ4v) is 3.61. The van der Waals surface area contributed by atoms with Crippen LogP contribution in [0.1, 0.15) is 17.8 Å². The summed E-state index contributed by atoms with van der Waals surface area (Å²) >= 11 is 1.72. The fraction of sp³-hybridized carbons (Fsp3) is 0.500. The standard InChI is InChI=1S/C16H23N5O2S/c1-2-21-12-13(10-18-21)19-16(22)17-11-14(15-4-3-9-24-15)20-5-7-23-8-6-20/h3-4,9-10,12,14H,2,5-8,11H2,1H3,(H2,17,19,22)/t14-/m0/s1. The van der Waals surface area contributed by atoms with Gasteiger partial charge in [-0.15, -0.1) is 11.3 Å². The molecule has 7 nitrogen and oxygen atoms in total. The Hall–Kier alpha value is -1.90. The van der Waals surface area contributed by atoms with E-state index in [2.05, 4.69) is 32.1 Å². The Morgan fingerprint density at radius 3 is 2.96 bits per heavy atom. The maximum Gasteiger partial charge on any atom is 0.319 e. The molecule has 0 aliphatic carbocycles. The summed E-state index contributed by atoms with van der Waals surface area (Å²) < 4.78 is 7.21. The van der Waals surface area contributed by atoms with E-state index < -0.39 is 0 Å². The third kappa shape index (κ3) is 4.34. The molecular weight excluding hydrogens is 326 g/mol. The van der Waals surface area contributed by atoms with E-state index in [1.165, 1.54) is 4.88 Å². The lowest BCUT2D eigenvalue weighted by molar-refractivity contribution is 0.0175. The minimum absolute atomic E-state index is 0.179. The minimum Gasteiger partial charge on any atom is -0.379 e. The molecule has 3 rings (SSSR count). The largest absolute Gasteiger partial charge is 0.379 e. The van der Waals surface area contributed by atoms with E-state index in [0.717, 1.165) is 32.8 Å². The van der Waals surface area contributed by atoms with Crippen LogP contribution in [-0.2, 0) is 11.3 Å². The minimum atomic E-state index is -0.208. The van der Waals surface area contributed by atoms with Crippen LogP contribution in [0, 0.1) is 0 Å². The number of anilines is 1. The number of hydrogen-bond donors (Lipinski definition) is 2. The molecule has 2 aromatic heterocycles. The molecule has 8 heteroatoms. The molecule has 0 aromatic carbocycles. The van der Waals surface area contributed by atoms with Crippen molar-refractivity contribution in [1.29, 1.82) is 0 Å². The average molecular weight is 349 g/mol. The predicted molar refractivity (Wildman–Crippen MR) is 94.4 cm³/mol. The van der Waals surface area contributed by atoms with Gasteiger partial charge in [0.1, 0.15) is 0 Å². The SMILES string of the molecule is CCn1cc(NC(=O)NC[C@@H](c2cccs2)N2CCOCC2)cn1. The molecule has 0 unspecified atom stereocenters. The summed E-state index contributed by atoms with van der Waals surface area (Å²) in [7, 11) is 0. The predicted octanol–water partition coefficient (Wildman–Crippen LogP) is 2.16. The van der Waals surface area contributed by atoms with Crippen molar-refractivity contribution in [2.45, 2.75) is 19.5 Å². The molecule has 0 radical (unpaired) electrons. The number of urea groups is 1. The Bertz CT molecular complexity index is 637. The van der Waals surface area contributed by atoms with Crippen molar-refractivity contribution in [3.8, 4) is 0 Å². The Balaban J connectivity index is 1.57. The number of aryl methyl sites for hydroxylation is 1. The number of hydrogen-bond acceptors (Lipinski definition) is 5. The number of carbonyl (C=O) groups is 1. The Kier molecular flexibility index (Phi) is 5.84. The summed E-state index contributed by atoms with van der Waals surface area (Å²) in [5.41, 5.74) is 0.702. The van der Waals surface area contributed by atoms with Gasteiger partial charge in [0.05, 0.1) is 31.1 Å². The van der Waals surface area contributed by atoms with Gasteiger partial charge < -0.3 is 15.4 Å². The van der Waals surface area contributed by atoms with Gasteiger partial charge in [0.25, 0.3) is 0 Å². The van der Waals surface area contributed by atoms with Crippen molar-refractivity contribution in [1.82, 2.24) is 20.0 Å². The van der Waals surface area contributed by atoms with Crippen LogP contribution < -0.4 is 10.6 Å². The van der Waals surface area contributed by atoms with Crippen LogP contribution in [0.3, 0.4) is 0 Å². The topological polar surface area (TPSA) is 71.4 Å². The van der Waals surface area contributed by atoms with Gasteiger partial charge in [-0.05, 0) is 18.4 Å². The fourth-order valence-electron chi connectivity index (χ4n) is 2.75. The molecule has 24 heavy (non-hydrogen) atoms. The molecule has 1 fully saturated rings. The first-order valence-electron chi connectivity index (χ1n) is 8.18.